The molecule has 0 saturated carbocycles. The molecule has 1 aromatic heterocycles. The number of hydrogen-bond donors (Lipinski definition) is 1. The van der Waals surface area contributed by atoms with Crippen LogP contribution in [0.25, 0.3) is 0 Å². The zero-order valence-corrected chi connectivity index (χ0v) is 12.2. The van der Waals surface area contributed by atoms with Gasteiger partial charge in [-0.1, -0.05) is 11.3 Å². The molecule has 108 valence electrons. The minimum atomic E-state index is -0.262. The maximum atomic E-state index is 12.5. The standard InChI is InChI=1S/C12H17N5O2S/c1-13-12-15-14-9(20-12)6-16-7-10(18)17-5-3-2-4-8(17)11(16)19/h8H,2-7H2,1H3,(H,13,15). The van der Waals surface area contributed by atoms with Crippen molar-refractivity contribution in [3.05, 3.63) is 5.01 Å². The van der Waals surface area contributed by atoms with E-state index >= 15 is 0 Å². The quantitative estimate of drug-likeness (QED) is 0.868. The van der Waals surface area contributed by atoms with Crippen LogP contribution >= 0.6 is 11.3 Å². The molecule has 7 nitrogen and oxygen atoms in total. The van der Waals surface area contributed by atoms with Gasteiger partial charge in [-0.25, -0.2) is 0 Å². The Hall–Kier alpha value is -1.70. The van der Waals surface area contributed by atoms with Crippen molar-refractivity contribution in [1.82, 2.24) is 20.0 Å². The Labute approximate surface area is 121 Å². The van der Waals surface area contributed by atoms with Gasteiger partial charge in [0.05, 0.1) is 6.54 Å². The van der Waals surface area contributed by atoms with Gasteiger partial charge in [-0.3, -0.25) is 9.59 Å². The minimum absolute atomic E-state index is 0.0468. The summed E-state index contributed by atoms with van der Waals surface area (Å²) >= 11 is 1.41. The molecule has 1 atom stereocenters. The molecule has 3 heterocycles. The lowest BCUT2D eigenvalue weighted by Gasteiger charge is -2.42. The molecule has 0 bridgehead atoms. The Morgan fingerprint density at radius 1 is 1.35 bits per heavy atom. The molecule has 1 aromatic rings. The Balaban J connectivity index is 1.73. The Kier molecular flexibility index (Phi) is 3.56. The van der Waals surface area contributed by atoms with Crippen molar-refractivity contribution in [2.24, 2.45) is 0 Å². The Morgan fingerprint density at radius 2 is 2.20 bits per heavy atom. The van der Waals surface area contributed by atoms with Crippen molar-refractivity contribution in [3.63, 3.8) is 0 Å². The Morgan fingerprint density at radius 3 is 2.95 bits per heavy atom. The average Bonchev–Trinajstić information content (AvgIpc) is 2.92. The fraction of sp³-hybridized carbons (Fsp3) is 0.667. The number of hydrogen-bond acceptors (Lipinski definition) is 6. The predicted molar refractivity (Wildman–Crippen MR) is 74.2 cm³/mol. The number of nitrogens with one attached hydrogen (secondary N) is 1. The third kappa shape index (κ3) is 2.35. The van der Waals surface area contributed by atoms with E-state index < -0.39 is 0 Å². The summed E-state index contributed by atoms with van der Waals surface area (Å²) in [7, 11) is 1.78. The number of piperazine rings is 1. The van der Waals surface area contributed by atoms with Crippen molar-refractivity contribution in [3.8, 4) is 0 Å². The number of carbonyl (C=O) groups excluding carboxylic acids is 2. The lowest BCUT2D eigenvalue weighted by atomic mass is 9.98. The van der Waals surface area contributed by atoms with Gasteiger partial charge in [-0.05, 0) is 19.3 Å². The summed E-state index contributed by atoms with van der Waals surface area (Å²) in [5.41, 5.74) is 0. The second-order valence-corrected chi connectivity index (χ2v) is 6.11. The highest BCUT2D eigenvalue weighted by molar-refractivity contribution is 7.15. The molecule has 2 aliphatic heterocycles. The van der Waals surface area contributed by atoms with Gasteiger partial charge in [0.2, 0.25) is 16.9 Å². The van der Waals surface area contributed by atoms with Gasteiger partial charge < -0.3 is 15.1 Å². The lowest BCUT2D eigenvalue weighted by molar-refractivity contribution is -0.158. The summed E-state index contributed by atoms with van der Waals surface area (Å²) in [6.07, 6.45) is 2.78. The zero-order valence-electron chi connectivity index (χ0n) is 11.3. The summed E-state index contributed by atoms with van der Waals surface area (Å²) in [5.74, 6) is 0.0955. The third-order valence-electron chi connectivity index (χ3n) is 3.75. The van der Waals surface area contributed by atoms with E-state index in [1.54, 1.807) is 16.8 Å². The first-order chi connectivity index (χ1) is 9.69. The number of rotatable bonds is 3. The Bertz CT molecular complexity index is 532. The maximum absolute atomic E-state index is 12.5. The van der Waals surface area contributed by atoms with E-state index in [9.17, 15) is 9.59 Å². The van der Waals surface area contributed by atoms with E-state index in [0.29, 0.717) is 13.1 Å². The van der Waals surface area contributed by atoms with Crippen LogP contribution in [-0.4, -0.2) is 58.0 Å². The molecule has 1 unspecified atom stereocenters. The fourth-order valence-electron chi connectivity index (χ4n) is 2.75. The van der Waals surface area contributed by atoms with Crippen molar-refractivity contribution < 1.29 is 9.59 Å². The van der Waals surface area contributed by atoms with Crippen LogP contribution in [0.5, 0.6) is 0 Å². The first kappa shape index (κ1) is 13.3. The molecule has 0 aliphatic carbocycles. The van der Waals surface area contributed by atoms with Gasteiger partial charge in [-0.15, -0.1) is 10.2 Å². The van der Waals surface area contributed by atoms with Crippen LogP contribution in [0.15, 0.2) is 0 Å². The van der Waals surface area contributed by atoms with Gasteiger partial charge in [0.1, 0.15) is 17.6 Å². The molecule has 1 N–H and O–H groups in total. The van der Waals surface area contributed by atoms with E-state index in [-0.39, 0.29) is 24.4 Å². The molecule has 20 heavy (non-hydrogen) atoms. The number of fused-ring (bicyclic) bond motifs is 1. The number of aromatic nitrogens is 2. The van der Waals surface area contributed by atoms with Crippen LogP contribution in [0.2, 0.25) is 0 Å². The molecule has 0 radical (unpaired) electrons. The van der Waals surface area contributed by atoms with Gasteiger partial charge in [0, 0.05) is 13.6 Å². The van der Waals surface area contributed by atoms with E-state index in [1.165, 1.54) is 11.3 Å². The largest absolute Gasteiger partial charge is 0.363 e. The summed E-state index contributed by atoms with van der Waals surface area (Å²) < 4.78 is 0. The maximum Gasteiger partial charge on any atom is 0.246 e. The summed E-state index contributed by atoms with van der Waals surface area (Å²) in [6.45, 7) is 1.24. The minimum Gasteiger partial charge on any atom is -0.363 e. The molecule has 2 fully saturated rings. The summed E-state index contributed by atoms with van der Waals surface area (Å²) in [4.78, 5) is 27.9. The lowest BCUT2D eigenvalue weighted by Crippen LogP contribution is -2.60. The van der Waals surface area contributed by atoms with Crippen LogP contribution in [0.3, 0.4) is 0 Å². The highest BCUT2D eigenvalue weighted by Crippen LogP contribution is 2.25. The summed E-state index contributed by atoms with van der Waals surface area (Å²) in [5, 5.41) is 12.4. The average molecular weight is 295 g/mol. The van der Waals surface area contributed by atoms with E-state index in [2.05, 4.69) is 15.5 Å². The first-order valence-corrected chi connectivity index (χ1v) is 7.59. The first-order valence-electron chi connectivity index (χ1n) is 6.77. The molecule has 2 saturated heterocycles. The predicted octanol–water partition coefficient (Wildman–Crippen LogP) is 0.303. The number of nitrogens with zero attached hydrogens (tertiary/aromatic N) is 4. The highest BCUT2D eigenvalue weighted by Gasteiger charge is 2.40. The van der Waals surface area contributed by atoms with Crippen LogP contribution in [-0.2, 0) is 16.1 Å². The topological polar surface area (TPSA) is 78.4 Å². The highest BCUT2D eigenvalue weighted by atomic mass is 32.1. The van der Waals surface area contributed by atoms with E-state index in [4.69, 9.17) is 0 Å². The number of piperidine rings is 1. The second kappa shape index (κ2) is 5.35. The SMILES string of the molecule is CNc1nnc(CN2CC(=O)N3CCCCC3C2=O)s1. The second-order valence-electron chi connectivity index (χ2n) is 5.04. The van der Waals surface area contributed by atoms with Gasteiger partial charge >= 0.3 is 0 Å². The van der Waals surface area contributed by atoms with Gasteiger partial charge in [0.25, 0.3) is 0 Å². The molecule has 3 rings (SSSR count). The van der Waals surface area contributed by atoms with Crippen LogP contribution in [0, 0.1) is 0 Å². The van der Waals surface area contributed by atoms with Crippen LogP contribution < -0.4 is 5.32 Å². The van der Waals surface area contributed by atoms with E-state index in [0.717, 1.165) is 29.4 Å². The monoisotopic (exact) mass is 295 g/mol. The molecule has 2 aliphatic rings. The number of anilines is 1. The molecule has 0 aromatic carbocycles. The van der Waals surface area contributed by atoms with Crippen LogP contribution in [0.4, 0.5) is 5.13 Å². The number of amides is 2. The molecule has 2 amide bonds. The summed E-state index contributed by atoms with van der Waals surface area (Å²) in [6, 6.07) is -0.262. The van der Waals surface area contributed by atoms with Crippen molar-refractivity contribution in [2.45, 2.75) is 31.8 Å². The van der Waals surface area contributed by atoms with Crippen molar-refractivity contribution in [2.75, 3.05) is 25.5 Å². The van der Waals surface area contributed by atoms with Crippen molar-refractivity contribution >= 4 is 28.3 Å². The van der Waals surface area contributed by atoms with Gasteiger partial charge in [-0.2, -0.15) is 0 Å². The van der Waals surface area contributed by atoms with Crippen LogP contribution in [0.1, 0.15) is 24.3 Å². The van der Waals surface area contributed by atoms with Gasteiger partial charge in [0.15, 0.2) is 0 Å². The molecular weight excluding hydrogens is 278 g/mol. The van der Waals surface area contributed by atoms with E-state index in [1.807, 2.05) is 0 Å². The van der Waals surface area contributed by atoms with Crippen molar-refractivity contribution in [1.29, 1.82) is 0 Å². The zero-order chi connectivity index (χ0) is 14.1. The smallest absolute Gasteiger partial charge is 0.246 e. The molecule has 8 heteroatoms. The molecular formula is C12H17N5O2S. The fourth-order valence-corrected chi connectivity index (χ4v) is 3.45. The number of carbonyl (C=O) groups is 2. The third-order valence-corrected chi connectivity index (χ3v) is 4.68. The molecule has 0 spiro atoms. The normalized spacial score (nSPS) is 22.9.